The van der Waals surface area contributed by atoms with Gasteiger partial charge in [-0.15, -0.1) is 0 Å². The summed E-state index contributed by atoms with van der Waals surface area (Å²) < 4.78 is 32.7. The van der Waals surface area contributed by atoms with Crippen LogP contribution >= 0.6 is 0 Å². The molecular formula is C17H17F2NO. The largest absolute Gasteiger partial charge is 0.493 e. The summed E-state index contributed by atoms with van der Waals surface area (Å²) in [6, 6.07) is 11.4. The average molecular weight is 289 g/mol. The molecule has 110 valence electrons. The van der Waals surface area contributed by atoms with Crippen LogP contribution in [0.2, 0.25) is 0 Å². The Morgan fingerprint density at radius 2 is 1.95 bits per heavy atom. The van der Waals surface area contributed by atoms with Crippen LogP contribution in [-0.4, -0.2) is 6.61 Å². The van der Waals surface area contributed by atoms with Crippen LogP contribution in [0.15, 0.2) is 42.5 Å². The van der Waals surface area contributed by atoms with E-state index in [0.717, 1.165) is 23.8 Å². The zero-order valence-electron chi connectivity index (χ0n) is 11.6. The molecule has 2 atom stereocenters. The first-order chi connectivity index (χ1) is 10.2. The minimum atomic E-state index is -0.852. The van der Waals surface area contributed by atoms with Crippen molar-refractivity contribution in [1.82, 2.24) is 0 Å². The van der Waals surface area contributed by atoms with Gasteiger partial charge < -0.3 is 10.5 Å². The Labute approximate surface area is 122 Å². The number of benzene rings is 2. The number of nitrogens with two attached hydrogens (primary N) is 1. The number of ether oxygens (including phenoxy) is 1. The van der Waals surface area contributed by atoms with Gasteiger partial charge in [-0.05, 0) is 36.5 Å². The number of hydrogen-bond donors (Lipinski definition) is 1. The standard InChI is InChI=1S/C17H17F2NO/c18-14-6-3-5-13(17(14)19)15(20)10-11-8-9-21-16-7-2-1-4-12(11)16/h1-7,11,15H,8-10,20H2. The number of fused-ring (bicyclic) bond motifs is 1. The van der Waals surface area contributed by atoms with E-state index in [2.05, 4.69) is 0 Å². The highest BCUT2D eigenvalue weighted by atomic mass is 19.2. The Balaban J connectivity index is 1.83. The molecule has 1 aliphatic rings. The number of halogens is 2. The van der Waals surface area contributed by atoms with Crippen LogP contribution in [0.3, 0.4) is 0 Å². The van der Waals surface area contributed by atoms with Gasteiger partial charge in [0.25, 0.3) is 0 Å². The molecule has 2 nitrogen and oxygen atoms in total. The molecule has 0 saturated heterocycles. The fraction of sp³-hybridized carbons (Fsp3) is 0.294. The summed E-state index contributed by atoms with van der Waals surface area (Å²) >= 11 is 0. The van der Waals surface area contributed by atoms with Gasteiger partial charge in [0.1, 0.15) is 5.75 Å². The maximum Gasteiger partial charge on any atom is 0.163 e. The van der Waals surface area contributed by atoms with E-state index in [4.69, 9.17) is 10.5 Å². The zero-order chi connectivity index (χ0) is 14.8. The maximum absolute atomic E-state index is 13.8. The topological polar surface area (TPSA) is 35.2 Å². The van der Waals surface area contributed by atoms with E-state index in [1.165, 1.54) is 6.07 Å². The molecule has 0 aliphatic carbocycles. The molecule has 0 aromatic heterocycles. The van der Waals surface area contributed by atoms with Gasteiger partial charge in [0.2, 0.25) is 0 Å². The first kappa shape index (κ1) is 14.0. The fourth-order valence-corrected chi connectivity index (χ4v) is 2.90. The normalized spacial score (nSPS) is 18.7. The van der Waals surface area contributed by atoms with Crippen LogP contribution in [0.25, 0.3) is 0 Å². The third-order valence-corrected chi connectivity index (χ3v) is 4.00. The molecule has 21 heavy (non-hydrogen) atoms. The van der Waals surface area contributed by atoms with Crippen LogP contribution < -0.4 is 10.5 Å². The van der Waals surface area contributed by atoms with E-state index in [9.17, 15) is 8.78 Å². The van der Waals surface area contributed by atoms with E-state index in [0.29, 0.717) is 13.0 Å². The summed E-state index contributed by atoms with van der Waals surface area (Å²) in [4.78, 5) is 0. The number of rotatable bonds is 3. The summed E-state index contributed by atoms with van der Waals surface area (Å²) in [6.07, 6.45) is 1.41. The van der Waals surface area contributed by atoms with Crippen LogP contribution in [0.5, 0.6) is 5.75 Å². The van der Waals surface area contributed by atoms with Crippen LogP contribution in [-0.2, 0) is 0 Å². The molecule has 2 unspecified atom stereocenters. The molecular weight excluding hydrogens is 272 g/mol. The first-order valence-corrected chi connectivity index (χ1v) is 7.08. The van der Waals surface area contributed by atoms with E-state index >= 15 is 0 Å². The molecule has 2 aromatic carbocycles. The van der Waals surface area contributed by atoms with Crippen molar-refractivity contribution in [2.45, 2.75) is 24.8 Å². The molecule has 0 fully saturated rings. The number of hydrogen-bond acceptors (Lipinski definition) is 2. The summed E-state index contributed by atoms with van der Waals surface area (Å²) in [7, 11) is 0. The van der Waals surface area contributed by atoms with Crippen molar-refractivity contribution < 1.29 is 13.5 Å². The lowest BCUT2D eigenvalue weighted by Crippen LogP contribution is -2.21. The lowest BCUT2D eigenvalue weighted by atomic mass is 9.86. The Morgan fingerprint density at radius 1 is 1.14 bits per heavy atom. The minimum absolute atomic E-state index is 0.201. The molecule has 2 aromatic rings. The molecule has 3 rings (SSSR count). The van der Waals surface area contributed by atoms with Crippen molar-refractivity contribution >= 4 is 0 Å². The SMILES string of the molecule is NC(CC1CCOc2ccccc21)c1cccc(F)c1F. The molecule has 0 saturated carbocycles. The molecule has 1 aliphatic heterocycles. The second-order valence-corrected chi connectivity index (χ2v) is 5.36. The molecule has 0 spiro atoms. The molecule has 4 heteroatoms. The third kappa shape index (κ3) is 2.76. The summed E-state index contributed by atoms with van der Waals surface area (Å²) in [5.41, 5.74) is 7.43. The van der Waals surface area contributed by atoms with Gasteiger partial charge in [-0.1, -0.05) is 30.3 Å². The lowest BCUT2D eigenvalue weighted by molar-refractivity contribution is 0.258. The maximum atomic E-state index is 13.8. The van der Waals surface area contributed by atoms with Gasteiger partial charge in [-0.25, -0.2) is 8.78 Å². The fourth-order valence-electron chi connectivity index (χ4n) is 2.90. The molecule has 0 amide bonds. The second-order valence-electron chi connectivity index (χ2n) is 5.36. The molecule has 1 heterocycles. The molecule has 2 N–H and O–H groups in total. The van der Waals surface area contributed by atoms with Gasteiger partial charge in [0, 0.05) is 11.6 Å². The van der Waals surface area contributed by atoms with Crippen LogP contribution in [0.1, 0.15) is 35.9 Å². The monoisotopic (exact) mass is 289 g/mol. The van der Waals surface area contributed by atoms with Crippen LogP contribution in [0.4, 0.5) is 8.78 Å². The Hall–Kier alpha value is -1.94. The smallest absolute Gasteiger partial charge is 0.163 e. The van der Waals surface area contributed by atoms with Gasteiger partial charge in [0.15, 0.2) is 11.6 Å². The predicted octanol–water partition coefficient (Wildman–Crippen LogP) is 3.92. The second kappa shape index (κ2) is 5.82. The minimum Gasteiger partial charge on any atom is -0.493 e. The van der Waals surface area contributed by atoms with Crippen molar-refractivity contribution in [3.63, 3.8) is 0 Å². The number of para-hydroxylation sites is 1. The van der Waals surface area contributed by atoms with Gasteiger partial charge in [-0.2, -0.15) is 0 Å². The molecule has 0 radical (unpaired) electrons. The van der Waals surface area contributed by atoms with E-state index in [1.807, 2.05) is 24.3 Å². The highest BCUT2D eigenvalue weighted by Crippen LogP contribution is 2.38. The Bertz CT molecular complexity index is 644. The van der Waals surface area contributed by atoms with Gasteiger partial charge in [0.05, 0.1) is 6.61 Å². The quantitative estimate of drug-likeness (QED) is 0.929. The predicted molar refractivity (Wildman–Crippen MR) is 77.2 cm³/mol. The summed E-state index contributed by atoms with van der Waals surface area (Å²) in [6.45, 7) is 0.625. The van der Waals surface area contributed by atoms with Gasteiger partial charge >= 0.3 is 0 Å². The average Bonchev–Trinajstić information content (AvgIpc) is 2.50. The van der Waals surface area contributed by atoms with Crippen molar-refractivity contribution in [3.8, 4) is 5.75 Å². The van der Waals surface area contributed by atoms with Crippen molar-refractivity contribution in [2.75, 3.05) is 6.61 Å². The van der Waals surface area contributed by atoms with E-state index < -0.39 is 17.7 Å². The highest BCUT2D eigenvalue weighted by molar-refractivity contribution is 5.38. The lowest BCUT2D eigenvalue weighted by Gasteiger charge is -2.28. The van der Waals surface area contributed by atoms with Crippen molar-refractivity contribution in [3.05, 3.63) is 65.2 Å². The molecule has 0 bridgehead atoms. The zero-order valence-corrected chi connectivity index (χ0v) is 11.6. The first-order valence-electron chi connectivity index (χ1n) is 7.08. The van der Waals surface area contributed by atoms with Gasteiger partial charge in [-0.3, -0.25) is 0 Å². The Kier molecular flexibility index (Phi) is 3.88. The van der Waals surface area contributed by atoms with Crippen molar-refractivity contribution in [2.24, 2.45) is 5.73 Å². The third-order valence-electron chi connectivity index (χ3n) is 4.00. The summed E-state index contributed by atoms with van der Waals surface area (Å²) in [5, 5.41) is 0. The van der Waals surface area contributed by atoms with Crippen LogP contribution in [0, 0.1) is 11.6 Å². The van der Waals surface area contributed by atoms with E-state index in [-0.39, 0.29) is 11.5 Å². The van der Waals surface area contributed by atoms with Crippen molar-refractivity contribution in [1.29, 1.82) is 0 Å². The highest BCUT2D eigenvalue weighted by Gasteiger charge is 2.25. The van der Waals surface area contributed by atoms with E-state index in [1.54, 1.807) is 6.07 Å². The summed E-state index contributed by atoms with van der Waals surface area (Å²) in [5.74, 6) is -0.631. The Morgan fingerprint density at radius 3 is 2.81 bits per heavy atom.